The predicted molar refractivity (Wildman–Crippen MR) is 77.1 cm³/mol. The van der Waals surface area contributed by atoms with Gasteiger partial charge in [0.2, 0.25) is 5.91 Å². The van der Waals surface area contributed by atoms with Crippen molar-refractivity contribution in [1.29, 1.82) is 0 Å². The molecule has 1 heterocycles. The fourth-order valence-electron chi connectivity index (χ4n) is 2.63. The molecule has 8 heteroatoms. The summed E-state index contributed by atoms with van der Waals surface area (Å²) in [6, 6.07) is 5.91. The van der Waals surface area contributed by atoms with Crippen molar-refractivity contribution in [3.8, 4) is 5.75 Å². The number of rotatable bonds is 5. The highest BCUT2D eigenvalue weighted by Gasteiger charge is 2.46. The summed E-state index contributed by atoms with van der Waals surface area (Å²) in [6.45, 7) is 1.96. The monoisotopic (exact) mass is 340 g/mol. The molecule has 1 N–H and O–H groups in total. The van der Waals surface area contributed by atoms with Crippen LogP contribution in [0.25, 0.3) is 0 Å². The van der Waals surface area contributed by atoms with E-state index in [0.717, 1.165) is 0 Å². The molecular formula is C16H15F3N2O3. The van der Waals surface area contributed by atoms with Crippen LogP contribution in [0.3, 0.4) is 0 Å². The van der Waals surface area contributed by atoms with Crippen LogP contribution in [0.1, 0.15) is 29.4 Å². The molecule has 3 rings (SSSR count). The van der Waals surface area contributed by atoms with Gasteiger partial charge < -0.3 is 14.5 Å². The Balaban J connectivity index is 1.63. The summed E-state index contributed by atoms with van der Waals surface area (Å²) >= 11 is 0. The molecule has 5 nitrogen and oxygen atoms in total. The van der Waals surface area contributed by atoms with E-state index in [1.54, 1.807) is 19.1 Å². The number of aryl methyl sites for hydroxylation is 1. The Hall–Kier alpha value is -2.51. The number of nitrogens with one attached hydrogen (secondary N) is 1. The highest BCUT2D eigenvalue weighted by molar-refractivity contribution is 5.83. The van der Waals surface area contributed by atoms with Crippen LogP contribution in [-0.4, -0.2) is 17.3 Å². The Kier molecular flexibility index (Phi) is 4.21. The number of aromatic nitrogens is 1. The Morgan fingerprint density at radius 3 is 2.83 bits per heavy atom. The number of para-hydroxylation sites is 1. The molecule has 1 aliphatic carbocycles. The van der Waals surface area contributed by atoms with Crippen molar-refractivity contribution in [2.24, 2.45) is 5.92 Å². The number of amides is 1. The van der Waals surface area contributed by atoms with Crippen molar-refractivity contribution in [2.45, 2.75) is 32.2 Å². The molecule has 0 unspecified atom stereocenters. The van der Waals surface area contributed by atoms with Crippen LogP contribution in [0.5, 0.6) is 5.75 Å². The number of carbonyl (C=O) groups is 1. The van der Waals surface area contributed by atoms with E-state index in [1.807, 2.05) is 0 Å². The second kappa shape index (κ2) is 6.18. The van der Waals surface area contributed by atoms with Gasteiger partial charge >= 0.3 is 6.36 Å². The maximum Gasteiger partial charge on any atom is 0.573 e. The van der Waals surface area contributed by atoms with Gasteiger partial charge in [-0.15, -0.1) is 13.2 Å². The van der Waals surface area contributed by atoms with E-state index in [0.29, 0.717) is 23.4 Å². The summed E-state index contributed by atoms with van der Waals surface area (Å²) < 4.78 is 46.5. The van der Waals surface area contributed by atoms with Crippen LogP contribution in [0, 0.1) is 12.8 Å². The Bertz CT molecular complexity index is 742. The minimum absolute atomic E-state index is 0.218. The number of halogens is 3. The fraction of sp³-hybridized carbons (Fsp3) is 0.375. The highest BCUT2D eigenvalue weighted by Crippen LogP contribution is 2.51. The van der Waals surface area contributed by atoms with E-state index in [-0.39, 0.29) is 30.0 Å². The van der Waals surface area contributed by atoms with Crippen LogP contribution in [0.2, 0.25) is 0 Å². The quantitative estimate of drug-likeness (QED) is 0.907. The van der Waals surface area contributed by atoms with Crippen molar-refractivity contribution in [2.75, 3.05) is 0 Å². The molecule has 1 amide bonds. The second-order valence-electron chi connectivity index (χ2n) is 5.61. The number of nitrogens with zero attached hydrogens (tertiary/aromatic N) is 1. The number of benzene rings is 1. The van der Waals surface area contributed by atoms with Crippen LogP contribution < -0.4 is 10.1 Å². The molecule has 1 fully saturated rings. The zero-order valence-electron chi connectivity index (χ0n) is 12.8. The Morgan fingerprint density at radius 1 is 1.42 bits per heavy atom. The molecule has 0 saturated heterocycles. The summed E-state index contributed by atoms with van der Waals surface area (Å²) in [4.78, 5) is 16.1. The first-order chi connectivity index (χ1) is 11.3. The minimum Gasteiger partial charge on any atom is -0.448 e. The van der Waals surface area contributed by atoms with E-state index in [1.165, 1.54) is 18.5 Å². The molecule has 1 saturated carbocycles. The van der Waals surface area contributed by atoms with Gasteiger partial charge in [0.1, 0.15) is 17.2 Å². The number of ether oxygens (including phenoxy) is 1. The molecule has 2 atom stereocenters. The van der Waals surface area contributed by atoms with Gasteiger partial charge in [-0.3, -0.25) is 4.79 Å². The summed E-state index contributed by atoms with van der Waals surface area (Å²) in [6.07, 6.45) is -2.98. The van der Waals surface area contributed by atoms with Crippen molar-refractivity contribution in [3.63, 3.8) is 0 Å². The van der Waals surface area contributed by atoms with E-state index in [4.69, 9.17) is 4.42 Å². The third-order valence-electron chi connectivity index (χ3n) is 3.95. The molecule has 2 aromatic rings. The smallest absolute Gasteiger partial charge is 0.448 e. The van der Waals surface area contributed by atoms with Crippen LogP contribution in [-0.2, 0) is 11.3 Å². The number of carbonyl (C=O) groups excluding carboxylic acids is 1. The topological polar surface area (TPSA) is 64.4 Å². The lowest BCUT2D eigenvalue weighted by molar-refractivity contribution is -0.274. The van der Waals surface area contributed by atoms with Crippen molar-refractivity contribution in [3.05, 3.63) is 47.7 Å². The van der Waals surface area contributed by atoms with E-state index < -0.39 is 6.36 Å². The van der Waals surface area contributed by atoms with Gasteiger partial charge in [-0.2, -0.15) is 0 Å². The fourth-order valence-corrected chi connectivity index (χ4v) is 2.63. The van der Waals surface area contributed by atoms with E-state index >= 15 is 0 Å². The average Bonchev–Trinajstić information content (AvgIpc) is 3.20. The molecule has 128 valence electrons. The standard InChI is InChI=1S/C16H15F3N2O3/c1-9-13(21-8-23-9)7-20-15(22)12-6-11(12)10-4-2-3-5-14(10)24-16(17,18)19/h2-5,8,11-12H,6-7H2,1H3,(H,20,22)/t11-,12-/m1/s1. The SMILES string of the molecule is Cc1ocnc1CNC(=O)[C@@H]1C[C@@H]1c1ccccc1OC(F)(F)F. The van der Waals surface area contributed by atoms with Crippen molar-refractivity contribution >= 4 is 5.91 Å². The predicted octanol–water partition coefficient (Wildman–Crippen LogP) is 3.30. The highest BCUT2D eigenvalue weighted by atomic mass is 19.4. The van der Waals surface area contributed by atoms with Crippen molar-refractivity contribution in [1.82, 2.24) is 10.3 Å². The lowest BCUT2D eigenvalue weighted by Gasteiger charge is -2.13. The molecule has 0 spiro atoms. The van der Waals surface area contributed by atoms with Gasteiger partial charge in [0.05, 0.1) is 6.54 Å². The molecule has 24 heavy (non-hydrogen) atoms. The second-order valence-corrected chi connectivity index (χ2v) is 5.61. The van der Waals surface area contributed by atoms with E-state index in [2.05, 4.69) is 15.0 Å². The minimum atomic E-state index is -4.76. The maximum atomic E-state index is 12.5. The van der Waals surface area contributed by atoms with Gasteiger partial charge in [0.15, 0.2) is 6.39 Å². The van der Waals surface area contributed by atoms with Gasteiger partial charge in [-0.25, -0.2) is 4.98 Å². The average molecular weight is 340 g/mol. The number of hydrogen-bond donors (Lipinski definition) is 1. The van der Waals surface area contributed by atoms with Gasteiger partial charge in [-0.05, 0) is 30.9 Å². The van der Waals surface area contributed by atoms with Crippen LogP contribution in [0.4, 0.5) is 13.2 Å². The van der Waals surface area contributed by atoms with Crippen LogP contribution in [0.15, 0.2) is 35.1 Å². The molecule has 1 aromatic carbocycles. The first-order valence-corrected chi connectivity index (χ1v) is 7.36. The van der Waals surface area contributed by atoms with Gasteiger partial charge in [0, 0.05) is 5.92 Å². The molecule has 1 aromatic heterocycles. The zero-order chi connectivity index (χ0) is 17.3. The summed E-state index contributed by atoms with van der Waals surface area (Å²) in [5, 5.41) is 2.73. The molecule has 0 aliphatic heterocycles. The normalized spacial score (nSPS) is 19.8. The lowest BCUT2D eigenvalue weighted by Crippen LogP contribution is -2.25. The molecule has 0 bridgehead atoms. The first kappa shape index (κ1) is 16.4. The third kappa shape index (κ3) is 3.69. The van der Waals surface area contributed by atoms with Crippen LogP contribution >= 0.6 is 0 Å². The molecule has 1 aliphatic rings. The molecule has 0 radical (unpaired) electrons. The summed E-state index contributed by atoms with van der Waals surface area (Å²) in [5.41, 5.74) is 1.02. The zero-order valence-corrected chi connectivity index (χ0v) is 12.8. The summed E-state index contributed by atoms with van der Waals surface area (Å²) in [5.74, 6) is -0.495. The Labute approximate surface area is 135 Å². The van der Waals surface area contributed by atoms with Gasteiger partial charge in [-0.1, -0.05) is 18.2 Å². The third-order valence-corrected chi connectivity index (χ3v) is 3.95. The maximum absolute atomic E-state index is 12.5. The number of hydrogen-bond acceptors (Lipinski definition) is 4. The molecular weight excluding hydrogens is 325 g/mol. The lowest BCUT2D eigenvalue weighted by atomic mass is 10.1. The van der Waals surface area contributed by atoms with E-state index in [9.17, 15) is 18.0 Å². The van der Waals surface area contributed by atoms with Gasteiger partial charge in [0.25, 0.3) is 0 Å². The number of alkyl halides is 3. The Morgan fingerprint density at radius 2 is 2.17 bits per heavy atom. The first-order valence-electron chi connectivity index (χ1n) is 7.36. The van der Waals surface area contributed by atoms with Crippen molar-refractivity contribution < 1.29 is 27.1 Å². The number of oxazole rings is 1. The summed E-state index contributed by atoms with van der Waals surface area (Å²) in [7, 11) is 0. The largest absolute Gasteiger partial charge is 0.573 e.